The Labute approximate surface area is 94.8 Å². The largest absolute Gasteiger partial charge is 0.331 e. The Morgan fingerprint density at radius 2 is 2.13 bits per heavy atom. The van der Waals surface area contributed by atoms with Gasteiger partial charge in [0.05, 0.1) is 5.69 Å². The van der Waals surface area contributed by atoms with Gasteiger partial charge in [0.1, 0.15) is 5.82 Å². The fourth-order valence-corrected chi connectivity index (χ4v) is 2.71. The molecule has 4 heteroatoms. The van der Waals surface area contributed by atoms with Gasteiger partial charge < -0.3 is 9.88 Å². The number of imidazole rings is 1. The van der Waals surface area contributed by atoms with Crippen molar-refractivity contribution in [3.05, 3.63) is 16.7 Å². The summed E-state index contributed by atoms with van der Waals surface area (Å²) in [6.07, 6.45) is 4.94. The lowest BCUT2D eigenvalue weighted by atomic mass is 10.0. The van der Waals surface area contributed by atoms with Crippen molar-refractivity contribution in [3.8, 4) is 0 Å². The topological polar surface area (TPSA) is 29.9 Å². The highest BCUT2D eigenvalue weighted by Gasteiger charge is 2.28. The molecule has 1 unspecified atom stereocenters. The molecular formula is C11H16ClN3. The van der Waals surface area contributed by atoms with Gasteiger partial charge in [-0.15, -0.1) is 0 Å². The first-order valence-corrected chi connectivity index (χ1v) is 6.09. The molecule has 1 aliphatic carbocycles. The molecule has 1 N–H and O–H groups in total. The zero-order valence-corrected chi connectivity index (χ0v) is 9.72. The highest BCUT2D eigenvalue weighted by Crippen LogP contribution is 2.27. The number of rotatable bonds is 2. The van der Waals surface area contributed by atoms with Crippen molar-refractivity contribution in [2.75, 3.05) is 0 Å². The van der Waals surface area contributed by atoms with E-state index in [1.807, 2.05) is 6.92 Å². The van der Waals surface area contributed by atoms with E-state index in [1.165, 1.54) is 25.0 Å². The second kappa shape index (κ2) is 3.49. The van der Waals surface area contributed by atoms with Crippen molar-refractivity contribution < 1.29 is 0 Å². The Balaban J connectivity index is 1.79. The zero-order chi connectivity index (χ0) is 10.4. The third-order valence-corrected chi connectivity index (χ3v) is 3.71. The molecule has 1 saturated carbocycles. The van der Waals surface area contributed by atoms with E-state index in [-0.39, 0.29) is 0 Å². The second-order valence-electron chi connectivity index (χ2n) is 4.68. The summed E-state index contributed by atoms with van der Waals surface area (Å²) in [6, 6.07) is 1.39. The van der Waals surface area contributed by atoms with Crippen LogP contribution in [0.25, 0.3) is 0 Å². The number of fused-ring (bicyclic) bond motifs is 1. The molecule has 15 heavy (non-hydrogen) atoms. The molecule has 82 valence electrons. The monoisotopic (exact) mass is 225 g/mol. The van der Waals surface area contributed by atoms with Gasteiger partial charge in [-0.3, -0.25) is 0 Å². The van der Waals surface area contributed by atoms with Crippen molar-refractivity contribution in [1.82, 2.24) is 14.9 Å². The second-order valence-corrected chi connectivity index (χ2v) is 5.04. The SMILES string of the molecule is Cc1nc(Cl)c2n1CCC(NC1CC1)C2. The summed E-state index contributed by atoms with van der Waals surface area (Å²) >= 11 is 6.12. The van der Waals surface area contributed by atoms with Gasteiger partial charge in [0, 0.05) is 25.0 Å². The molecule has 0 radical (unpaired) electrons. The molecule has 2 aliphatic rings. The van der Waals surface area contributed by atoms with Crippen LogP contribution in [0.15, 0.2) is 0 Å². The lowest BCUT2D eigenvalue weighted by Gasteiger charge is -2.25. The Kier molecular flexibility index (Phi) is 2.25. The summed E-state index contributed by atoms with van der Waals surface area (Å²) in [5.74, 6) is 1.06. The van der Waals surface area contributed by atoms with E-state index >= 15 is 0 Å². The van der Waals surface area contributed by atoms with Crippen LogP contribution in [0, 0.1) is 6.92 Å². The lowest BCUT2D eigenvalue weighted by molar-refractivity contribution is 0.394. The van der Waals surface area contributed by atoms with Crippen LogP contribution in [0.3, 0.4) is 0 Å². The maximum Gasteiger partial charge on any atom is 0.150 e. The minimum Gasteiger partial charge on any atom is -0.331 e. The molecule has 3 nitrogen and oxygen atoms in total. The first kappa shape index (κ1) is 9.67. The van der Waals surface area contributed by atoms with Gasteiger partial charge in [0.15, 0.2) is 5.15 Å². The van der Waals surface area contributed by atoms with Crippen LogP contribution in [0.5, 0.6) is 0 Å². The third-order valence-electron chi connectivity index (χ3n) is 3.40. The Bertz CT molecular complexity index is 381. The van der Waals surface area contributed by atoms with Gasteiger partial charge in [-0.2, -0.15) is 0 Å². The van der Waals surface area contributed by atoms with Gasteiger partial charge in [-0.1, -0.05) is 11.6 Å². The molecule has 1 aliphatic heterocycles. The van der Waals surface area contributed by atoms with Crippen molar-refractivity contribution in [3.63, 3.8) is 0 Å². The number of aryl methyl sites for hydroxylation is 1. The quantitative estimate of drug-likeness (QED) is 0.834. The highest BCUT2D eigenvalue weighted by molar-refractivity contribution is 6.30. The van der Waals surface area contributed by atoms with Crippen LogP contribution >= 0.6 is 11.6 Å². The summed E-state index contributed by atoms with van der Waals surface area (Å²) < 4.78 is 2.26. The number of halogens is 1. The third kappa shape index (κ3) is 1.79. The number of nitrogens with zero attached hydrogens (tertiary/aromatic N) is 2. The molecule has 0 amide bonds. The lowest BCUT2D eigenvalue weighted by Crippen LogP contribution is -2.37. The standard InChI is InChI=1S/C11H16ClN3/c1-7-13-11(12)10-6-9(4-5-15(7)10)14-8-2-3-8/h8-9,14H,2-6H2,1H3. The Hall–Kier alpha value is -0.540. The van der Waals surface area contributed by atoms with Crippen LogP contribution < -0.4 is 5.32 Å². The first-order valence-electron chi connectivity index (χ1n) is 5.71. The molecule has 0 spiro atoms. The minimum absolute atomic E-state index is 0.610. The van der Waals surface area contributed by atoms with E-state index in [1.54, 1.807) is 0 Å². The number of hydrogen-bond acceptors (Lipinski definition) is 2. The van der Waals surface area contributed by atoms with Crippen LogP contribution in [0.1, 0.15) is 30.8 Å². The number of nitrogens with one attached hydrogen (secondary N) is 1. The molecule has 1 fully saturated rings. The predicted molar refractivity (Wildman–Crippen MR) is 60.2 cm³/mol. The maximum atomic E-state index is 6.12. The Morgan fingerprint density at radius 3 is 2.87 bits per heavy atom. The first-order chi connectivity index (χ1) is 7.24. The normalized spacial score (nSPS) is 25.3. The maximum absolute atomic E-state index is 6.12. The fraction of sp³-hybridized carbons (Fsp3) is 0.727. The van der Waals surface area contributed by atoms with Gasteiger partial charge in [0.2, 0.25) is 0 Å². The number of hydrogen-bond donors (Lipinski definition) is 1. The average molecular weight is 226 g/mol. The molecule has 1 aromatic heterocycles. The smallest absolute Gasteiger partial charge is 0.150 e. The van der Waals surface area contributed by atoms with E-state index in [9.17, 15) is 0 Å². The van der Waals surface area contributed by atoms with E-state index < -0.39 is 0 Å². The van der Waals surface area contributed by atoms with Gasteiger partial charge in [0.25, 0.3) is 0 Å². The van der Waals surface area contributed by atoms with Crippen LogP contribution in [0.2, 0.25) is 5.15 Å². The molecule has 2 heterocycles. The molecule has 1 aromatic rings. The van der Waals surface area contributed by atoms with Crippen molar-refractivity contribution in [2.45, 2.75) is 51.2 Å². The average Bonchev–Trinajstić information content (AvgIpc) is 2.96. The van der Waals surface area contributed by atoms with E-state index in [2.05, 4.69) is 14.9 Å². The molecule has 0 bridgehead atoms. The van der Waals surface area contributed by atoms with Gasteiger partial charge in [-0.25, -0.2) is 4.98 Å². The molecule has 0 aromatic carbocycles. The van der Waals surface area contributed by atoms with E-state index in [0.717, 1.165) is 24.8 Å². The minimum atomic E-state index is 0.610. The Morgan fingerprint density at radius 1 is 1.33 bits per heavy atom. The molecule has 3 rings (SSSR count). The highest BCUT2D eigenvalue weighted by atomic mass is 35.5. The summed E-state index contributed by atoms with van der Waals surface area (Å²) in [4.78, 5) is 4.32. The van der Waals surface area contributed by atoms with E-state index in [4.69, 9.17) is 11.6 Å². The molecule has 1 atom stereocenters. The van der Waals surface area contributed by atoms with Crippen LogP contribution in [0.4, 0.5) is 0 Å². The summed E-state index contributed by atoms with van der Waals surface area (Å²) in [5, 5.41) is 4.37. The molecule has 0 saturated heterocycles. The van der Waals surface area contributed by atoms with E-state index in [0.29, 0.717) is 11.2 Å². The molecular weight excluding hydrogens is 210 g/mol. The van der Waals surface area contributed by atoms with Crippen molar-refractivity contribution in [2.24, 2.45) is 0 Å². The zero-order valence-electron chi connectivity index (χ0n) is 8.96. The number of aromatic nitrogens is 2. The van der Waals surface area contributed by atoms with Crippen LogP contribution in [-0.4, -0.2) is 21.6 Å². The predicted octanol–water partition coefficient (Wildman–Crippen LogP) is 1.91. The summed E-state index contributed by atoms with van der Waals surface area (Å²) in [7, 11) is 0. The van der Waals surface area contributed by atoms with Crippen molar-refractivity contribution >= 4 is 11.6 Å². The summed E-state index contributed by atoms with van der Waals surface area (Å²) in [5.41, 5.74) is 1.22. The van der Waals surface area contributed by atoms with Crippen LogP contribution in [-0.2, 0) is 13.0 Å². The van der Waals surface area contributed by atoms with Crippen molar-refractivity contribution in [1.29, 1.82) is 0 Å². The fourth-order valence-electron chi connectivity index (χ4n) is 2.41. The van der Waals surface area contributed by atoms with Gasteiger partial charge >= 0.3 is 0 Å². The van der Waals surface area contributed by atoms with Gasteiger partial charge in [-0.05, 0) is 26.2 Å². The summed E-state index contributed by atoms with van der Waals surface area (Å²) in [6.45, 7) is 3.09.